The van der Waals surface area contributed by atoms with E-state index < -0.39 is 5.97 Å². The highest BCUT2D eigenvalue weighted by Crippen LogP contribution is 2.38. The molecule has 0 aliphatic heterocycles. The van der Waals surface area contributed by atoms with Gasteiger partial charge in [-0.15, -0.1) is 10.2 Å². The van der Waals surface area contributed by atoms with Crippen LogP contribution in [0.3, 0.4) is 0 Å². The van der Waals surface area contributed by atoms with Crippen LogP contribution in [0.25, 0.3) is 0 Å². The van der Waals surface area contributed by atoms with E-state index in [0.717, 1.165) is 25.2 Å². The number of hydrogen-bond acceptors (Lipinski definition) is 4. The lowest BCUT2D eigenvalue weighted by Gasteiger charge is -2.29. The average molecular weight is 266 g/mol. The zero-order valence-corrected chi connectivity index (χ0v) is 11.5. The van der Waals surface area contributed by atoms with Crippen LogP contribution in [0.2, 0.25) is 0 Å². The molecule has 1 aromatic rings. The predicted octanol–water partition coefficient (Wildman–Crippen LogP) is 3.09. The Balaban J connectivity index is 1.86. The molecule has 0 bridgehead atoms. The molecule has 106 valence electrons. The third-order valence-corrected chi connectivity index (χ3v) is 3.97. The molecule has 1 saturated carbocycles. The predicted molar refractivity (Wildman–Crippen MR) is 69.9 cm³/mol. The molecule has 0 amide bonds. The second kappa shape index (κ2) is 6.17. The number of nitrogens with zero attached hydrogens (tertiary/aromatic N) is 2. The summed E-state index contributed by atoms with van der Waals surface area (Å²) in [6.07, 6.45) is 8.32. The molecule has 1 aliphatic rings. The van der Waals surface area contributed by atoms with E-state index in [4.69, 9.17) is 9.52 Å². The first kappa shape index (κ1) is 14.0. The third-order valence-electron chi connectivity index (χ3n) is 3.97. The summed E-state index contributed by atoms with van der Waals surface area (Å²) < 4.78 is 5.76. The zero-order chi connectivity index (χ0) is 13.7. The Morgan fingerprint density at radius 2 is 2.00 bits per heavy atom. The van der Waals surface area contributed by atoms with E-state index >= 15 is 0 Å². The lowest BCUT2D eigenvalue weighted by molar-refractivity contribution is -0.137. The highest BCUT2D eigenvalue weighted by Gasteiger charge is 2.34. The Bertz CT molecular complexity index is 422. The minimum atomic E-state index is -0.749. The van der Waals surface area contributed by atoms with Crippen molar-refractivity contribution in [1.82, 2.24) is 10.2 Å². The van der Waals surface area contributed by atoms with Gasteiger partial charge in [0.05, 0.1) is 0 Å². The first-order valence-electron chi connectivity index (χ1n) is 7.15. The van der Waals surface area contributed by atoms with E-state index in [9.17, 15) is 4.79 Å². The molecule has 1 aliphatic carbocycles. The largest absolute Gasteiger partial charge is 0.481 e. The van der Waals surface area contributed by atoms with Crippen molar-refractivity contribution in [1.29, 1.82) is 0 Å². The van der Waals surface area contributed by atoms with E-state index in [-0.39, 0.29) is 11.8 Å². The first-order valence-corrected chi connectivity index (χ1v) is 7.15. The zero-order valence-electron chi connectivity index (χ0n) is 11.5. The maximum absolute atomic E-state index is 10.4. The summed E-state index contributed by atoms with van der Waals surface area (Å²) >= 11 is 0. The molecule has 0 aromatic carbocycles. The lowest BCUT2D eigenvalue weighted by atomic mass is 9.76. The summed E-state index contributed by atoms with van der Waals surface area (Å²) in [5.74, 6) is 0.661. The topological polar surface area (TPSA) is 76.2 Å². The standard InChI is InChI=1S/C14H22N2O3/c1-14(9-5-2-6-10-14)13-16-15-11(19-13)7-3-4-8-12(17)18/h2-10H2,1H3,(H,17,18). The number of aromatic nitrogens is 2. The number of aryl methyl sites for hydroxylation is 1. The van der Waals surface area contributed by atoms with Gasteiger partial charge in [-0.3, -0.25) is 4.79 Å². The SMILES string of the molecule is CC1(c2nnc(CCCCC(=O)O)o2)CCCCC1. The number of carbonyl (C=O) groups is 1. The Hall–Kier alpha value is -1.39. The van der Waals surface area contributed by atoms with Crippen LogP contribution in [0, 0.1) is 0 Å². The van der Waals surface area contributed by atoms with Crippen molar-refractivity contribution < 1.29 is 14.3 Å². The van der Waals surface area contributed by atoms with Gasteiger partial charge in [0.15, 0.2) is 0 Å². The molecular formula is C14H22N2O3. The molecule has 2 rings (SSSR count). The van der Waals surface area contributed by atoms with Gasteiger partial charge in [-0.05, 0) is 25.7 Å². The minimum absolute atomic E-state index is 0.0462. The van der Waals surface area contributed by atoms with Crippen molar-refractivity contribution in [3.05, 3.63) is 11.8 Å². The van der Waals surface area contributed by atoms with Crippen LogP contribution in [0.5, 0.6) is 0 Å². The summed E-state index contributed by atoms with van der Waals surface area (Å²) in [6.45, 7) is 2.20. The highest BCUT2D eigenvalue weighted by molar-refractivity contribution is 5.66. The normalized spacial score (nSPS) is 18.4. The fraction of sp³-hybridized carbons (Fsp3) is 0.786. The monoisotopic (exact) mass is 266 g/mol. The van der Waals surface area contributed by atoms with E-state index in [0.29, 0.717) is 18.7 Å². The molecule has 1 aromatic heterocycles. The summed E-state index contributed by atoms with van der Waals surface area (Å²) in [4.78, 5) is 10.4. The Labute approximate surface area is 113 Å². The number of rotatable bonds is 6. The van der Waals surface area contributed by atoms with Crippen LogP contribution in [-0.4, -0.2) is 21.3 Å². The highest BCUT2D eigenvalue weighted by atomic mass is 16.4. The van der Waals surface area contributed by atoms with Crippen molar-refractivity contribution >= 4 is 5.97 Å². The maximum Gasteiger partial charge on any atom is 0.303 e. The van der Waals surface area contributed by atoms with Gasteiger partial charge in [0.2, 0.25) is 11.8 Å². The van der Waals surface area contributed by atoms with Crippen molar-refractivity contribution in [3.8, 4) is 0 Å². The summed E-state index contributed by atoms with van der Waals surface area (Å²) in [7, 11) is 0. The van der Waals surface area contributed by atoms with Gasteiger partial charge >= 0.3 is 5.97 Å². The Kier molecular flexibility index (Phi) is 4.56. The van der Waals surface area contributed by atoms with Crippen molar-refractivity contribution in [2.24, 2.45) is 0 Å². The second-order valence-corrected chi connectivity index (χ2v) is 5.72. The third kappa shape index (κ3) is 3.78. The molecule has 1 N–H and O–H groups in total. The first-order chi connectivity index (χ1) is 9.10. The molecule has 19 heavy (non-hydrogen) atoms. The van der Waals surface area contributed by atoms with E-state index in [1.807, 2.05) is 0 Å². The molecule has 0 atom stereocenters. The number of hydrogen-bond donors (Lipinski definition) is 1. The number of unbranched alkanes of at least 4 members (excludes halogenated alkanes) is 1. The Morgan fingerprint density at radius 1 is 1.26 bits per heavy atom. The van der Waals surface area contributed by atoms with Crippen LogP contribution in [-0.2, 0) is 16.6 Å². The molecule has 1 heterocycles. The van der Waals surface area contributed by atoms with Crippen LogP contribution in [0.15, 0.2) is 4.42 Å². The smallest absolute Gasteiger partial charge is 0.303 e. The van der Waals surface area contributed by atoms with Crippen molar-refractivity contribution in [3.63, 3.8) is 0 Å². The van der Waals surface area contributed by atoms with Gasteiger partial charge in [-0.25, -0.2) is 0 Å². The molecule has 0 saturated heterocycles. The quantitative estimate of drug-likeness (QED) is 0.801. The fourth-order valence-corrected chi connectivity index (χ4v) is 2.70. The molecule has 5 heteroatoms. The van der Waals surface area contributed by atoms with Gasteiger partial charge in [-0.2, -0.15) is 0 Å². The number of carboxylic acid groups (broad SMARTS) is 1. The van der Waals surface area contributed by atoms with Gasteiger partial charge in [0.1, 0.15) is 0 Å². The van der Waals surface area contributed by atoms with Gasteiger partial charge < -0.3 is 9.52 Å². The van der Waals surface area contributed by atoms with Gasteiger partial charge in [-0.1, -0.05) is 26.2 Å². The van der Waals surface area contributed by atoms with Crippen LogP contribution >= 0.6 is 0 Å². The number of aliphatic carboxylic acids is 1. The maximum atomic E-state index is 10.4. The molecule has 0 unspecified atom stereocenters. The molecule has 5 nitrogen and oxygen atoms in total. The second-order valence-electron chi connectivity index (χ2n) is 5.72. The van der Waals surface area contributed by atoms with Crippen LogP contribution in [0.1, 0.15) is 70.1 Å². The van der Waals surface area contributed by atoms with E-state index in [2.05, 4.69) is 17.1 Å². The molecule has 0 spiro atoms. The lowest BCUT2D eigenvalue weighted by Crippen LogP contribution is -2.25. The van der Waals surface area contributed by atoms with Crippen LogP contribution in [0.4, 0.5) is 0 Å². The van der Waals surface area contributed by atoms with Crippen LogP contribution < -0.4 is 0 Å². The minimum Gasteiger partial charge on any atom is -0.481 e. The number of carboxylic acids is 1. The van der Waals surface area contributed by atoms with E-state index in [1.54, 1.807) is 0 Å². The summed E-state index contributed by atoms with van der Waals surface area (Å²) in [5.41, 5.74) is 0.0462. The molecular weight excluding hydrogens is 244 g/mol. The molecule has 1 fully saturated rings. The van der Waals surface area contributed by atoms with Crippen molar-refractivity contribution in [2.75, 3.05) is 0 Å². The summed E-state index contributed by atoms with van der Waals surface area (Å²) in [6, 6.07) is 0. The Morgan fingerprint density at radius 3 is 2.68 bits per heavy atom. The fourth-order valence-electron chi connectivity index (χ4n) is 2.70. The molecule has 0 radical (unpaired) electrons. The van der Waals surface area contributed by atoms with Gasteiger partial charge in [0.25, 0.3) is 0 Å². The summed E-state index contributed by atoms with van der Waals surface area (Å²) in [5, 5.41) is 16.8. The van der Waals surface area contributed by atoms with Crippen molar-refractivity contribution in [2.45, 2.75) is 70.1 Å². The average Bonchev–Trinajstić information content (AvgIpc) is 2.85. The van der Waals surface area contributed by atoms with Gasteiger partial charge in [0, 0.05) is 18.3 Å². The van der Waals surface area contributed by atoms with E-state index in [1.165, 1.54) is 19.3 Å².